The summed E-state index contributed by atoms with van der Waals surface area (Å²) in [5.74, 6) is -2.60. The minimum Gasteiger partial charge on any atom is -0.326 e. The molecule has 34 heavy (non-hydrogen) atoms. The standard InChI is InChI=1S/C24H17F4N3O3/c25-16-10-8-14(9-11-16)23(34)31-19-7-2-1-6-18(19)30-22(33)20(31)13-21(32)29-17-5-3-4-15(12-17)24(26,27)28/h1-12,20H,13H2,(H,29,32)(H,30,33). The van der Waals surface area contributed by atoms with Gasteiger partial charge in [0.1, 0.15) is 11.9 Å². The number of rotatable bonds is 4. The normalized spacial score (nSPS) is 15.4. The first-order valence-electron chi connectivity index (χ1n) is 10.1. The maximum atomic E-state index is 13.3. The highest BCUT2D eigenvalue weighted by Gasteiger charge is 2.38. The summed E-state index contributed by atoms with van der Waals surface area (Å²) in [7, 11) is 0. The molecule has 3 aromatic rings. The average molecular weight is 471 g/mol. The lowest BCUT2D eigenvalue weighted by Gasteiger charge is -2.36. The largest absolute Gasteiger partial charge is 0.416 e. The smallest absolute Gasteiger partial charge is 0.326 e. The molecule has 0 radical (unpaired) electrons. The van der Waals surface area contributed by atoms with Crippen molar-refractivity contribution in [3.8, 4) is 0 Å². The second-order valence-electron chi connectivity index (χ2n) is 7.54. The van der Waals surface area contributed by atoms with E-state index in [0.29, 0.717) is 11.4 Å². The Morgan fingerprint density at radius 1 is 0.971 bits per heavy atom. The molecule has 0 saturated carbocycles. The van der Waals surface area contributed by atoms with Gasteiger partial charge in [0.15, 0.2) is 0 Å². The SMILES string of the molecule is O=C(CC1C(=O)Nc2ccccc2N1C(=O)c1ccc(F)cc1)Nc1cccc(C(F)(F)F)c1. The average Bonchev–Trinajstić information content (AvgIpc) is 2.79. The summed E-state index contributed by atoms with van der Waals surface area (Å²) < 4.78 is 52.2. The molecular weight excluding hydrogens is 454 g/mol. The second kappa shape index (κ2) is 8.97. The van der Waals surface area contributed by atoms with Crippen molar-refractivity contribution in [2.45, 2.75) is 18.6 Å². The predicted molar refractivity (Wildman–Crippen MR) is 117 cm³/mol. The van der Waals surface area contributed by atoms with Gasteiger partial charge in [-0.1, -0.05) is 18.2 Å². The number of amides is 3. The Morgan fingerprint density at radius 2 is 1.68 bits per heavy atom. The Bertz CT molecular complexity index is 1260. The Labute approximate surface area is 191 Å². The van der Waals surface area contributed by atoms with E-state index in [9.17, 15) is 31.9 Å². The number of anilines is 3. The van der Waals surface area contributed by atoms with Gasteiger partial charge in [-0.25, -0.2) is 4.39 Å². The molecule has 0 spiro atoms. The number of para-hydroxylation sites is 2. The zero-order valence-corrected chi connectivity index (χ0v) is 17.4. The van der Waals surface area contributed by atoms with Gasteiger partial charge >= 0.3 is 6.18 Å². The minimum absolute atomic E-state index is 0.0918. The van der Waals surface area contributed by atoms with Crippen molar-refractivity contribution in [2.24, 2.45) is 0 Å². The third kappa shape index (κ3) is 4.75. The van der Waals surface area contributed by atoms with E-state index in [0.717, 1.165) is 35.2 Å². The number of alkyl halides is 3. The van der Waals surface area contributed by atoms with E-state index in [2.05, 4.69) is 10.6 Å². The van der Waals surface area contributed by atoms with Crippen LogP contribution in [0.4, 0.5) is 34.6 Å². The number of fused-ring (bicyclic) bond motifs is 1. The molecule has 1 aliphatic rings. The maximum Gasteiger partial charge on any atom is 0.416 e. The summed E-state index contributed by atoms with van der Waals surface area (Å²) in [4.78, 5) is 39.9. The van der Waals surface area contributed by atoms with Gasteiger partial charge in [-0.15, -0.1) is 0 Å². The summed E-state index contributed by atoms with van der Waals surface area (Å²) in [6.07, 6.45) is -5.12. The summed E-state index contributed by atoms with van der Waals surface area (Å²) in [5.41, 5.74) is -0.282. The fraction of sp³-hybridized carbons (Fsp3) is 0.125. The van der Waals surface area contributed by atoms with Crippen LogP contribution in [-0.4, -0.2) is 23.8 Å². The van der Waals surface area contributed by atoms with Gasteiger partial charge in [-0.3, -0.25) is 19.3 Å². The molecule has 174 valence electrons. The van der Waals surface area contributed by atoms with Crippen LogP contribution in [0.15, 0.2) is 72.8 Å². The van der Waals surface area contributed by atoms with E-state index in [1.54, 1.807) is 24.3 Å². The third-order valence-corrected chi connectivity index (χ3v) is 5.20. The van der Waals surface area contributed by atoms with Crippen LogP contribution in [0.5, 0.6) is 0 Å². The monoisotopic (exact) mass is 471 g/mol. The molecule has 10 heteroatoms. The molecule has 3 aromatic carbocycles. The Morgan fingerprint density at radius 3 is 2.38 bits per heavy atom. The molecule has 1 atom stereocenters. The molecule has 6 nitrogen and oxygen atoms in total. The van der Waals surface area contributed by atoms with Crippen LogP contribution in [0.3, 0.4) is 0 Å². The molecule has 0 bridgehead atoms. The van der Waals surface area contributed by atoms with Crippen LogP contribution in [0.2, 0.25) is 0 Å². The molecule has 1 unspecified atom stereocenters. The lowest BCUT2D eigenvalue weighted by Crippen LogP contribution is -2.52. The van der Waals surface area contributed by atoms with Gasteiger partial charge in [0, 0.05) is 11.3 Å². The third-order valence-electron chi connectivity index (χ3n) is 5.20. The molecule has 3 amide bonds. The molecule has 1 heterocycles. The van der Waals surface area contributed by atoms with Gasteiger partial charge in [0.25, 0.3) is 5.91 Å². The van der Waals surface area contributed by atoms with E-state index in [-0.39, 0.29) is 11.3 Å². The van der Waals surface area contributed by atoms with Crippen LogP contribution < -0.4 is 15.5 Å². The van der Waals surface area contributed by atoms with Gasteiger partial charge in [0.05, 0.1) is 23.4 Å². The zero-order chi connectivity index (χ0) is 24.5. The Kier molecular flexibility index (Phi) is 6.06. The molecule has 0 fully saturated rings. The van der Waals surface area contributed by atoms with Crippen molar-refractivity contribution < 1.29 is 31.9 Å². The van der Waals surface area contributed by atoms with Crippen molar-refractivity contribution in [1.29, 1.82) is 0 Å². The highest BCUT2D eigenvalue weighted by molar-refractivity contribution is 6.17. The number of carbonyl (C=O) groups is 3. The molecular formula is C24H17F4N3O3. The first-order valence-corrected chi connectivity index (χ1v) is 10.1. The van der Waals surface area contributed by atoms with Gasteiger partial charge in [-0.05, 0) is 54.6 Å². The predicted octanol–water partition coefficient (Wildman–Crippen LogP) is 4.84. The van der Waals surface area contributed by atoms with Crippen LogP contribution in [-0.2, 0) is 15.8 Å². The van der Waals surface area contributed by atoms with E-state index >= 15 is 0 Å². The summed E-state index contributed by atoms with van der Waals surface area (Å²) in [5, 5.41) is 4.98. The summed E-state index contributed by atoms with van der Waals surface area (Å²) >= 11 is 0. The molecule has 1 aliphatic heterocycles. The number of carbonyl (C=O) groups excluding carboxylic acids is 3. The highest BCUT2D eigenvalue weighted by atomic mass is 19.4. The van der Waals surface area contributed by atoms with Crippen molar-refractivity contribution in [3.63, 3.8) is 0 Å². The second-order valence-corrected chi connectivity index (χ2v) is 7.54. The lowest BCUT2D eigenvalue weighted by molar-refractivity contribution is -0.137. The highest BCUT2D eigenvalue weighted by Crippen LogP contribution is 2.34. The van der Waals surface area contributed by atoms with Crippen molar-refractivity contribution in [2.75, 3.05) is 15.5 Å². The van der Waals surface area contributed by atoms with Crippen LogP contribution >= 0.6 is 0 Å². The number of nitrogens with one attached hydrogen (secondary N) is 2. The fourth-order valence-electron chi connectivity index (χ4n) is 3.62. The first-order chi connectivity index (χ1) is 16.1. The van der Waals surface area contributed by atoms with Crippen LogP contribution in [0.25, 0.3) is 0 Å². The Balaban J connectivity index is 1.62. The summed E-state index contributed by atoms with van der Waals surface area (Å²) in [6, 6.07) is 13.9. The maximum absolute atomic E-state index is 13.3. The molecule has 4 rings (SSSR count). The quantitative estimate of drug-likeness (QED) is 0.535. The minimum atomic E-state index is -4.59. The number of hydrogen-bond donors (Lipinski definition) is 2. The number of benzene rings is 3. The number of hydrogen-bond acceptors (Lipinski definition) is 3. The number of nitrogens with zero attached hydrogens (tertiary/aromatic N) is 1. The van der Waals surface area contributed by atoms with Crippen molar-refractivity contribution in [3.05, 3.63) is 89.7 Å². The number of halogens is 4. The lowest BCUT2D eigenvalue weighted by atomic mass is 10.0. The molecule has 0 aromatic heterocycles. The Hall–Kier alpha value is -4.21. The fourth-order valence-corrected chi connectivity index (χ4v) is 3.62. The molecule has 2 N–H and O–H groups in total. The van der Waals surface area contributed by atoms with E-state index in [1.807, 2.05) is 0 Å². The van der Waals surface area contributed by atoms with Crippen molar-refractivity contribution >= 4 is 34.8 Å². The van der Waals surface area contributed by atoms with Gasteiger partial charge in [0.2, 0.25) is 11.8 Å². The van der Waals surface area contributed by atoms with Crippen molar-refractivity contribution in [1.82, 2.24) is 0 Å². The molecule has 0 aliphatic carbocycles. The van der Waals surface area contributed by atoms with E-state index < -0.39 is 47.7 Å². The summed E-state index contributed by atoms with van der Waals surface area (Å²) in [6.45, 7) is 0. The van der Waals surface area contributed by atoms with Crippen LogP contribution in [0.1, 0.15) is 22.3 Å². The zero-order valence-electron chi connectivity index (χ0n) is 17.4. The molecule has 0 saturated heterocycles. The first kappa shape index (κ1) is 23.0. The van der Waals surface area contributed by atoms with E-state index in [1.165, 1.54) is 18.2 Å². The van der Waals surface area contributed by atoms with Gasteiger partial charge in [-0.2, -0.15) is 13.2 Å². The van der Waals surface area contributed by atoms with Crippen LogP contribution in [0, 0.1) is 5.82 Å². The van der Waals surface area contributed by atoms with Gasteiger partial charge < -0.3 is 10.6 Å². The van der Waals surface area contributed by atoms with E-state index in [4.69, 9.17) is 0 Å². The topological polar surface area (TPSA) is 78.5 Å².